The first-order valence-electron chi connectivity index (χ1n) is 5.75. The monoisotopic (exact) mass is 272 g/mol. The molecule has 0 aromatic heterocycles. The SMILES string of the molecule is CNCc1c(Cl)cccc1N(C)C(C)CSC. The first-order chi connectivity index (χ1) is 8.11. The number of halogens is 1. The zero-order valence-corrected chi connectivity index (χ0v) is 12.5. The van der Waals surface area contributed by atoms with E-state index in [1.54, 1.807) is 0 Å². The van der Waals surface area contributed by atoms with Gasteiger partial charge in [-0.25, -0.2) is 0 Å². The molecule has 0 aliphatic rings. The van der Waals surface area contributed by atoms with Crippen LogP contribution < -0.4 is 10.2 Å². The molecule has 0 spiro atoms. The highest BCUT2D eigenvalue weighted by Crippen LogP contribution is 2.28. The van der Waals surface area contributed by atoms with Crippen molar-refractivity contribution >= 4 is 29.1 Å². The van der Waals surface area contributed by atoms with E-state index in [2.05, 4.69) is 36.5 Å². The van der Waals surface area contributed by atoms with Crippen LogP contribution in [0.3, 0.4) is 0 Å². The first kappa shape index (κ1) is 14.7. The molecule has 0 saturated heterocycles. The molecule has 0 aliphatic carbocycles. The van der Waals surface area contributed by atoms with Gasteiger partial charge in [-0.1, -0.05) is 17.7 Å². The van der Waals surface area contributed by atoms with Gasteiger partial charge < -0.3 is 10.2 Å². The lowest BCUT2D eigenvalue weighted by atomic mass is 10.1. The topological polar surface area (TPSA) is 15.3 Å². The summed E-state index contributed by atoms with van der Waals surface area (Å²) in [5.41, 5.74) is 2.39. The molecule has 0 aliphatic heterocycles. The lowest BCUT2D eigenvalue weighted by Crippen LogP contribution is -2.32. The Morgan fingerprint density at radius 1 is 1.47 bits per heavy atom. The highest BCUT2D eigenvalue weighted by atomic mass is 35.5. The summed E-state index contributed by atoms with van der Waals surface area (Å²) >= 11 is 8.13. The molecule has 0 heterocycles. The molecule has 1 atom stereocenters. The summed E-state index contributed by atoms with van der Waals surface area (Å²) in [5, 5.41) is 4.01. The molecule has 0 amide bonds. The summed E-state index contributed by atoms with van der Waals surface area (Å²) in [6, 6.07) is 6.60. The first-order valence-corrected chi connectivity index (χ1v) is 7.52. The molecule has 0 radical (unpaired) electrons. The van der Waals surface area contributed by atoms with E-state index in [1.807, 2.05) is 30.9 Å². The van der Waals surface area contributed by atoms with E-state index in [-0.39, 0.29) is 0 Å². The minimum Gasteiger partial charge on any atom is -0.371 e. The van der Waals surface area contributed by atoms with Crippen molar-refractivity contribution in [3.05, 3.63) is 28.8 Å². The zero-order valence-electron chi connectivity index (χ0n) is 11.0. The van der Waals surface area contributed by atoms with Gasteiger partial charge in [-0.05, 0) is 32.4 Å². The van der Waals surface area contributed by atoms with Crippen molar-refractivity contribution in [3.63, 3.8) is 0 Å². The third-order valence-corrected chi connectivity index (χ3v) is 4.07. The normalized spacial score (nSPS) is 12.5. The van der Waals surface area contributed by atoms with Crippen molar-refractivity contribution < 1.29 is 0 Å². The third kappa shape index (κ3) is 3.80. The average Bonchev–Trinajstić information content (AvgIpc) is 2.31. The molecule has 1 aromatic rings. The van der Waals surface area contributed by atoms with Crippen LogP contribution >= 0.6 is 23.4 Å². The van der Waals surface area contributed by atoms with E-state index in [4.69, 9.17) is 11.6 Å². The summed E-state index contributed by atoms with van der Waals surface area (Å²) in [6.45, 7) is 3.03. The fraction of sp³-hybridized carbons (Fsp3) is 0.538. The molecular formula is C13H21ClN2S. The highest BCUT2D eigenvalue weighted by molar-refractivity contribution is 7.98. The number of benzene rings is 1. The smallest absolute Gasteiger partial charge is 0.0471 e. The molecular weight excluding hydrogens is 252 g/mol. The Hall–Kier alpha value is -0.380. The van der Waals surface area contributed by atoms with E-state index >= 15 is 0 Å². The third-order valence-electron chi connectivity index (χ3n) is 2.90. The van der Waals surface area contributed by atoms with Crippen molar-refractivity contribution in [2.24, 2.45) is 0 Å². The van der Waals surface area contributed by atoms with Crippen LogP contribution in [0.15, 0.2) is 18.2 Å². The molecule has 4 heteroatoms. The zero-order chi connectivity index (χ0) is 12.8. The summed E-state index contributed by atoms with van der Waals surface area (Å²) in [6.07, 6.45) is 2.14. The van der Waals surface area contributed by atoms with Gasteiger partial charge in [-0.2, -0.15) is 11.8 Å². The van der Waals surface area contributed by atoms with Crippen molar-refractivity contribution in [1.29, 1.82) is 0 Å². The summed E-state index contributed by atoms with van der Waals surface area (Å²) in [7, 11) is 4.07. The Balaban J connectivity index is 2.99. The van der Waals surface area contributed by atoms with Gasteiger partial charge in [0.05, 0.1) is 0 Å². The fourth-order valence-corrected chi connectivity index (χ4v) is 2.76. The van der Waals surface area contributed by atoms with Crippen molar-refractivity contribution in [3.8, 4) is 0 Å². The minimum absolute atomic E-state index is 0.499. The number of anilines is 1. The molecule has 1 rings (SSSR count). The van der Waals surface area contributed by atoms with Crippen molar-refractivity contribution in [1.82, 2.24) is 5.32 Å². The van der Waals surface area contributed by atoms with Crippen molar-refractivity contribution in [2.75, 3.05) is 31.0 Å². The Morgan fingerprint density at radius 2 is 2.18 bits per heavy atom. The molecule has 0 bridgehead atoms. The lowest BCUT2D eigenvalue weighted by Gasteiger charge is -2.29. The maximum absolute atomic E-state index is 6.26. The van der Waals surface area contributed by atoms with Gasteiger partial charge in [0.1, 0.15) is 0 Å². The number of thioether (sulfide) groups is 1. The number of hydrogen-bond donors (Lipinski definition) is 1. The summed E-state index contributed by atoms with van der Waals surface area (Å²) in [4.78, 5) is 2.30. The molecule has 1 N–H and O–H groups in total. The maximum Gasteiger partial charge on any atom is 0.0471 e. The van der Waals surface area contributed by atoms with Crippen LogP contribution in [-0.2, 0) is 6.54 Å². The van der Waals surface area contributed by atoms with Gasteiger partial charge in [0.25, 0.3) is 0 Å². The number of rotatable bonds is 6. The van der Waals surface area contributed by atoms with E-state index in [1.165, 1.54) is 11.3 Å². The van der Waals surface area contributed by atoms with Gasteiger partial charge in [-0.15, -0.1) is 0 Å². The predicted molar refractivity (Wildman–Crippen MR) is 80.5 cm³/mol. The second-order valence-corrected chi connectivity index (χ2v) is 5.50. The summed E-state index contributed by atoms with van der Waals surface area (Å²) in [5.74, 6) is 1.11. The lowest BCUT2D eigenvalue weighted by molar-refractivity contribution is 0.748. The van der Waals surface area contributed by atoms with Crippen LogP contribution in [0.5, 0.6) is 0 Å². The standard InChI is InChI=1S/C13H21ClN2S/c1-10(9-17-4)16(3)13-7-5-6-12(14)11(13)8-15-2/h5-7,10,15H,8-9H2,1-4H3. The Kier molecular flexibility index (Phi) is 6.17. The molecule has 96 valence electrons. The van der Waals surface area contributed by atoms with Gasteiger partial charge in [-0.3, -0.25) is 0 Å². The second-order valence-electron chi connectivity index (χ2n) is 4.18. The van der Waals surface area contributed by atoms with E-state index in [0.29, 0.717) is 6.04 Å². The quantitative estimate of drug-likeness (QED) is 0.856. The van der Waals surface area contributed by atoms with Crippen molar-refractivity contribution in [2.45, 2.75) is 19.5 Å². The molecule has 0 saturated carbocycles. The number of hydrogen-bond acceptors (Lipinski definition) is 3. The highest BCUT2D eigenvalue weighted by Gasteiger charge is 2.14. The van der Waals surface area contributed by atoms with Gasteiger partial charge >= 0.3 is 0 Å². The predicted octanol–water partition coefficient (Wildman–Crippen LogP) is 3.25. The summed E-state index contributed by atoms with van der Waals surface area (Å²) < 4.78 is 0. The average molecular weight is 273 g/mol. The van der Waals surface area contributed by atoms with Gasteiger partial charge in [0, 0.05) is 41.7 Å². The number of nitrogens with zero attached hydrogens (tertiary/aromatic N) is 1. The molecule has 2 nitrogen and oxygen atoms in total. The molecule has 1 unspecified atom stereocenters. The van der Waals surface area contributed by atoms with Crippen LogP contribution in [0.25, 0.3) is 0 Å². The van der Waals surface area contributed by atoms with Crippen LogP contribution in [0, 0.1) is 0 Å². The molecule has 17 heavy (non-hydrogen) atoms. The largest absolute Gasteiger partial charge is 0.371 e. The molecule has 0 fully saturated rings. The van der Waals surface area contributed by atoms with Crippen LogP contribution in [0.4, 0.5) is 5.69 Å². The van der Waals surface area contributed by atoms with Crippen LogP contribution in [0.1, 0.15) is 12.5 Å². The van der Waals surface area contributed by atoms with Gasteiger partial charge in [0.15, 0.2) is 0 Å². The van der Waals surface area contributed by atoms with Gasteiger partial charge in [0.2, 0.25) is 0 Å². The van der Waals surface area contributed by atoms with Crippen LogP contribution in [0.2, 0.25) is 5.02 Å². The van der Waals surface area contributed by atoms with Crippen LogP contribution in [-0.4, -0.2) is 32.1 Å². The second kappa shape index (κ2) is 7.14. The van der Waals surface area contributed by atoms with E-state index < -0.39 is 0 Å². The fourth-order valence-electron chi connectivity index (χ4n) is 1.82. The Labute approximate surface area is 114 Å². The Morgan fingerprint density at radius 3 is 2.76 bits per heavy atom. The Bertz CT molecular complexity index is 357. The van der Waals surface area contributed by atoms with E-state index in [9.17, 15) is 0 Å². The number of nitrogens with one attached hydrogen (secondary N) is 1. The van der Waals surface area contributed by atoms with E-state index in [0.717, 1.165) is 17.3 Å². The molecule has 1 aromatic carbocycles. The minimum atomic E-state index is 0.499. The maximum atomic E-state index is 6.26.